The van der Waals surface area contributed by atoms with E-state index in [2.05, 4.69) is 10.5 Å². The minimum atomic E-state index is -0.849. The standard InChI is InChI=1S/C10H10N4O/c1-7-3-2-4-8(5-7)13-14-9(6-11)10(12)15/h2-5,13H,1H3,(H2,12,15). The molecular formula is C10H10N4O. The molecule has 5 nitrogen and oxygen atoms in total. The van der Waals surface area contributed by atoms with Gasteiger partial charge in [-0.2, -0.15) is 10.4 Å². The molecule has 0 aliphatic rings. The second-order valence-electron chi connectivity index (χ2n) is 2.92. The van der Waals surface area contributed by atoms with Crippen molar-refractivity contribution >= 4 is 17.3 Å². The molecule has 0 unspecified atom stereocenters. The number of nitrogens with two attached hydrogens (primary N) is 1. The predicted octanol–water partition coefficient (Wildman–Crippen LogP) is 0.772. The van der Waals surface area contributed by atoms with Crippen LogP contribution in [-0.2, 0) is 4.79 Å². The Morgan fingerprint density at radius 3 is 2.87 bits per heavy atom. The van der Waals surface area contributed by atoms with Gasteiger partial charge in [-0.25, -0.2) is 0 Å². The average Bonchev–Trinajstić information content (AvgIpc) is 2.18. The monoisotopic (exact) mass is 202 g/mol. The van der Waals surface area contributed by atoms with E-state index < -0.39 is 5.91 Å². The highest BCUT2D eigenvalue weighted by atomic mass is 16.1. The summed E-state index contributed by atoms with van der Waals surface area (Å²) in [4.78, 5) is 10.6. The zero-order valence-electron chi connectivity index (χ0n) is 8.19. The predicted molar refractivity (Wildman–Crippen MR) is 57.0 cm³/mol. The van der Waals surface area contributed by atoms with E-state index in [0.29, 0.717) is 5.69 Å². The van der Waals surface area contributed by atoms with Gasteiger partial charge in [-0.3, -0.25) is 10.2 Å². The molecule has 15 heavy (non-hydrogen) atoms. The van der Waals surface area contributed by atoms with E-state index in [-0.39, 0.29) is 5.71 Å². The number of amides is 1. The number of hydrazone groups is 1. The zero-order chi connectivity index (χ0) is 11.3. The Morgan fingerprint density at radius 2 is 2.33 bits per heavy atom. The first kappa shape index (κ1) is 10.7. The zero-order valence-corrected chi connectivity index (χ0v) is 8.19. The maximum atomic E-state index is 10.6. The molecule has 0 bridgehead atoms. The van der Waals surface area contributed by atoms with Crippen LogP contribution >= 0.6 is 0 Å². The fourth-order valence-corrected chi connectivity index (χ4v) is 0.970. The van der Waals surface area contributed by atoms with E-state index >= 15 is 0 Å². The van der Waals surface area contributed by atoms with E-state index in [9.17, 15) is 4.79 Å². The molecule has 0 aliphatic heterocycles. The Labute approximate surface area is 87.2 Å². The quantitative estimate of drug-likeness (QED) is 0.560. The number of primary amides is 1. The summed E-state index contributed by atoms with van der Waals surface area (Å²) in [6.45, 7) is 1.92. The van der Waals surface area contributed by atoms with Gasteiger partial charge in [0.1, 0.15) is 6.07 Å². The van der Waals surface area contributed by atoms with Crippen molar-refractivity contribution in [3.8, 4) is 6.07 Å². The van der Waals surface area contributed by atoms with E-state index in [1.165, 1.54) is 0 Å². The molecule has 1 aromatic carbocycles. The van der Waals surface area contributed by atoms with Crippen LogP contribution in [0.25, 0.3) is 0 Å². The molecule has 1 rings (SSSR count). The van der Waals surface area contributed by atoms with E-state index in [0.717, 1.165) is 5.56 Å². The topological polar surface area (TPSA) is 91.3 Å². The fraction of sp³-hybridized carbons (Fsp3) is 0.100. The van der Waals surface area contributed by atoms with Crippen LogP contribution in [0.3, 0.4) is 0 Å². The molecule has 76 valence electrons. The van der Waals surface area contributed by atoms with Gasteiger partial charge in [0.15, 0.2) is 0 Å². The highest BCUT2D eigenvalue weighted by Crippen LogP contribution is 2.08. The van der Waals surface area contributed by atoms with Crippen LogP contribution in [0.5, 0.6) is 0 Å². The van der Waals surface area contributed by atoms with Crippen molar-refractivity contribution in [2.45, 2.75) is 6.92 Å². The first-order valence-corrected chi connectivity index (χ1v) is 4.23. The van der Waals surface area contributed by atoms with Crippen molar-refractivity contribution in [2.75, 3.05) is 5.43 Å². The van der Waals surface area contributed by atoms with E-state index in [1.807, 2.05) is 25.1 Å². The average molecular weight is 202 g/mol. The Bertz CT molecular complexity index is 445. The van der Waals surface area contributed by atoms with Gasteiger partial charge in [-0.05, 0) is 24.6 Å². The number of aryl methyl sites for hydroxylation is 1. The van der Waals surface area contributed by atoms with Crippen molar-refractivity contribution in [1.29, 1.82) is 5.26 Å². The summed E-state index contributed by atoms with van der Waals surface area (Å²) in [7, 11) is 0. The smallest absolute Gasteiger partial charge is 0.280 e. The van der Waals surface area contributed by atoms with Crippen LogP contribution in [0.2, 0.25) is 0 Å². The second-order valence-corrected chi connectivity index (χ2v) is 2.92. The number of nitrogens with one attached hydrogen (secondary N) is 1. The molecule has 0 radical (unpaired) electrons. The normalized spacial score (nSPS) is 10.5. The summed E-state index contributed by atoms with van der Waals surface area (Å²) in [6, 6.07) is 8.96. The van der Waals surface area contributed by atoms with Crippen LogP contribution in [0.15, 0.2) is 29.4 Å². The molecule has 0 aliphatic carbocycles. The summed E-state index contributed by atoms with van der Waals surface area (Å²) in [5, 5.41) is 12.1. The van der Waals surface area contributed by atoms with Crippen LogP contribution in [0.1, 0.15) is 5.56 Å². The van der Waals surface area contributed by atoms with Gasteiger partial charge in [-0.15, -0.1) is 0 Å². The van der Waals surface area contributed by atoms with Gasteiger partial charge >= 0.3 is 0 Å². The minimum Gasteiger partial charge on any atom is -0.364 e. The fourth-order valence-electron chi connectivity index (χ4n) is 0.970. The minimum absolute atomic E-state index is 0.350. The van der Waals surface area contributed by atoms with E-state index in [4.69, 9.17) is 11.0 Å². The largest absolute Gasteiger partial charge is 0.364 e. The van der Waals surface area contributed by atoms with Gasteiger partial charge in [0, 0.05) is 0 Å². The van der Waals surface area contributed by atoms with Crippen molar-refractivity contribution in [3.63, 3.8) is 0 Å². The third-order valence-corrected chi connectivity index (χ3v) is 1.65. The number of benzene rings is 1. The number of nitrogens with zero attached hydrogens (tertiary/aromatic N) is 2. The van der Waals surface area contributed by atoms with Crippen molar-refractivity contribution < 1.29 is 4.79 Å². The summed E-state index contributed by atoms with van der Waals surface area (Å²) in [5.41, 5.74) is 8.89. The molecule has 1 amide bonds. The number of carbonyl (C=O) groups is 1. The molecule has 0 saturated heterocycles. The third kappa shape index (κ3) is 3.12. The lowest BCUT2D eigenvalue weighted by molar-refractivity contribution is -0.111. The maximum absolute atomic E-state index is 10.6. The Kier molecular flexibility index (Phi) is 3.41. The molecule has 0 aromatic heterocycles. The SMILES string of the molecule is Cc1cccc(NN=C(C#N)C(N)=O)c1. The summed E-state index contributed by atoms with van der Waals surface area (Å²) in [5.74, 6) is -0.849. The molecule has 0 saturated carbocycles. The van der Waals surface area contributed by atoms with Crippen molar-refractivity contribution in [3.05, 3.63) is 29.8 Å². The Balaban J connectivity index is 2.80. The molecular weight excluding hydrogens is 192 g/mol. The van der Waals surface area contributed by atoms with Crippen LogP contribution in [0.4, 0.5) is 5.69 Å². The van der Waals surface area contributed by atoms with Gasteiger partial charge in [0.05, 0.1) is 5.69 Å². The first-order valence-electron chi connectivity index (χ1n) is 4.23. The highest BCUT2D eigenvalue weighted by molar-refractivity contribution is 6.44. The second kappa shape index (κ2) is 4.77. The summed E-state index contributed by atoms with van der Waals surface area (Å²) >= 11 is 0. The van der Waals surface area contributed by atoms with Crippen molar-refractivity contribution in [2.24, 2.45) is 10.8 Å². The lowest BCUT2D eigenvalue weighted by atomic mass is 10.2. The van der Waals surface area contributed by atoms with Gasteiger partial charge in [-0.1, -0.05) is 12.1 Å². The van der Waals surface area contributed by atoms with Crippen LogP contribution in [0, 0.1) is 18.3 Å². The van der Waals surface area contributed by atoms with Crippen LogP contribution < -0.4 is 11.2 Å². The molecule has 5 heteroatoms. The molecule has 0 heterocycles. The number of carbonyl (C=O) groups excluding carboxylic acids is 1. The van der Waals surface area contributed by atoms with Gasteiger partial charge in [0.25, 0.3) is 5.91 Å². The van der Waals surface area contributed by atoms with E-state index in [1.54, 1.807) is 12.1 Å². The first-order chi connectivity index (χ1) is 7.13. The molecule has 0 fully saturated rings. The van der Waals surface area contributed by atoms with Crippen molar-refractivity contribution in [1.82, 2.24) is 0 Å². The Hall–Kier alpha value is -2.35. The maximum Gasteiger partial charge on any atom is 0.280 e. The summed E-state index contributed by atoms with van der Waals surface area (Å²) in [6.07, 6.45) is 0. The number of hydrogen-bond acceptors (Lipinski definition) is 4. The third-order valence-electron chi connectivity index (χ3n) is 1.65. The lowest BCUT2D eigenvalue weighted by Gasteiger charge is -2.00. The number of nitriles is 1. The number of hydrogen-bond donors (Lipinski definition) is 2. The lowest BCUT2D eigenvalue weighted by Crippen LogP contribution is -2.22. The number of rotatable bonds is 3. The van der Waals surface area contributed by atoms with Gasteiger partial charge in [0.2, 0.25) is 5.71 Å². The molecule has 0 spiro atoms. The van der Waals surface area contributed by atoms with Gasteiger partial charge < -0.3 is 5.73 Å². The molecule has 1 aromatic rings. The highest BCUT2D eigenvalue weighted by Gasteiger charge is 2.04. The molecule has 3 N–H and O–H groups in total. The number of anilines is 1. The Morgan fingerprint density at radius 1 is 1.60 bits per heavy atom. The van der Waals surface area contributed by atoms with Crippen LogP contribution in [-0.4, -0.2) is 11.6 Å². The molecule has 0 atom stereocenters. The summed E-state index contributed by atoms with van der Waals surface area (Å²) < 4.78 is 0.